The Hall–Kier alpha value is -1.32. The average molecular weight is 236 g/mol. The second kappa shape index (κ2) is 6.42. The predicted molar refractivity (Wildman–Crippen MR) is 73.2 cm³/mol. The summed E-state index contributed by atoms with van der Waals surface area (Å²) in [5.74, 6) is 3.54. The van der Waals surface area contributed by atoms with Crippen LogP contribution in [0.5, 0.6) is 0 Å². The highest BCUT2D eigenvalue weighted by molar-refractivity contribution is 5.39. The van der Waals surface area contributed by atoms with Crippen LogP contribution in [-0.2, 0) is 0 Å². The van der Waals surface area contributed by atoms with Crippen molar-refractivity contribution in [3.63, 3.8) is 0 Å². The molecule has 0 unspecified atom stereocenters. The van der Waals surface area contributed by atoms with E-state index in [4.69, 9.17) is 0 Å². The Bertz CT molecular complexity index is 328. The van der Waals surface area contributed by atoms with Crippen molar-refractivity contribution in [3.8, 4) is 0 Å². The number of hydrogen-bond acceptors (Lipinski definition) is 4. The second-order valence-electron chi connectivity index (χ2n) is 5.05. The average Bonchev–Trinajstić information content (AvgIpc) is 2.28. The molecule has 0 aliphatic rings. The Morgan fingerprint density at radius 1 is 1.18 bits per heavy atom. The molecule has 0 aromatic carbocycles. The van der Waals surface area contributed by atoms with Crippen LogP contribution in [0.2, 0.25) is 0 Å². The van der Waals surface area contributed by atoms with E-state index in [0.717, 1.165) is 12.4 Å². The molecule has 96 valence electrons. The number of aromatic nitrogens is 2. The van der Waals surface area contributed by atoms with Gasteiger partial charge in [-0.25, -0.2) is 4.98 Å². The van der Waals surface area contributed by atoms with Gasteiger partial charge in [-0.1, -0.05) is 27.7 Å². The smallest absolute Gasteiger partial charge is 0.224 e. The molecule has 0 atom stereocenters. The van der Waals surface area contributed by atoms with Gasteiger partial charge in [-0.15, -0.1) is 0 Å². The van der Waals surface area contributed by atoms with E-state index in [2.05, 4.69) is 48.3 Å². The highest BCUT2D eigenvalue weighted by Crippen LogP contribution is 2.20. The first-order valence-electron chi connectivity index (χ1n) is 6.29. The Morgan fingerprint density at radius 3 is 2.35 bits per heavy atom. The van der Waals surface area contributed by atoms with Crippen LogP contribution in [0, 0.1) is 17.8 Å². The monoisotopic (exact) mass is 236 g/mol. The van der Waals surface area contributed by atoms with Crippen molar-refractivity contribution >= 4 is 11.8 Å². The van der Waals surface area contributed by atoms with Crippen LogP contribution in [-0.4, -0.2) is 23.6 Å². The molecule has 0 saturated heterocycles. The van der Waals surface area contributed by atoms with Gasteiger partial charge >= 0.3 is 0 Å². The van der Waals surface area contributed by atoms with E-state index in [1.807, 2.05) is 13.1 Å². The summed E-state index contributed by atoms with van der Waals surface area (Å²) in [7, 11) is 1.82. The van der Waals surface area contributed by atoms with Gasteiger partial charge in [0.15, 0.2) is 0 Å². The summed E-state index contributed by atoms with van der Waals surface area (Å²) < 4.78 is 0. The highest BCUT2D eigenvalue weighted by atomic mass is 15.1. The zero-order valence-corrected chi connectivity index (χ0v) is 11.5. The van der Waals surface area contributed by atoms with E-state index < -0.39 is 0 Å². The first-order valence-corrected chi connectivity index (χ1v) is 6.29. The maximum atomic E-state index is 4.35. The summed E-state index contributed by atoms with van der Waals surface area (Å²) in [4.78, 5) is 8.44. The molecule has 1 rings (SSSR count). The minimum Gasteiger partial charge on any atom is -0.370 e. The lowest BCUT2D eigenvalue weighted by Crippen LogP contribution is -2.24. The molecule has 0 amide bonds. The zero-order valence-electron chi connectivity index (χ0n) is 11.5. The van der Waals surface area contributed by atoms with E-state index in [1.165, 1.54) is 0 Å². The van der Waals surface area contributed by atoms with E-state index in [0.29, 0.717) is 23.7 Å². The molecule has 1 aromatic rings. The first kappa shape index (κ1) is 13.7. The summed E-state index contributed by atoms with van der Waals surface area (Å²) >= 11 is 0. The molecule has 0 aliphatic carbocycles. The van der Waals surface area contributed by atoms with Crippen molar-refractivity contribution in [2.24, 2.45) is 17.8 Å². The van der Waals surface area contributed by atoms with E-state index in [9.17, 15) is 0 Å². The van der Waals surface area contributed by atoms with E-state index in [1.54, 1.807) is 6.20 Å². The van der Waals surface area contributed by atoms with Gasteiger partial charge in [0.2, 0.25) is 5.95 Å². The molecule has 17 heavy (non-hydrogen) atoms. The van der Waals surface area contributed by atoms with Crippen molar-refractivity contribution in [2.45, 2.75) is 27.7 Å². The number of anilines is 2. The largest absolute Gasteiger partial charge is 0.370 e. The van der Waals surface area contributed by atoms with Crippen LogP contribution in [0.1, 0.15) is 27.7 Å². The molecule has 0 fully saturated rings. The molecule has 0 bridgehead atoms. The quantitative estimate of drug-likeness (QED) is 0.797. The molecule has 4 heteroatoms. The van der Waals surface area contributed by atoms with Crippen molar-refractivity contribution in [3.05, 3.63) is 12.3 Å². The van der Waals surface area contributed by atoms with Crippen molar-refractivity contribution in [2.75, 3.05) is 24.2 Å². The highest BCUT2D eigenvalue weighted by Gasteiger charge is 2.17. The molecule has 1 heterocycles. The zero-order chi connectivity index (χ0) is 12.8. The third-order valence-electron chi connectivity index (χ3n) is 3.11. The number of nitrogens with one attached hydrogen (secondary N) is 2. The van der Waals surface area contributed by atoms with Gasteiger partial charge in [0, 0.05) is 19.8 Å². The Kier molecular flexibility index (Phi) is 5.19. The Labute approximate surface area is 104 Å². The van der Waals surface area contributed by atoms with Gasteiger partial charge in [0.05, 0.1) is 0 Å². The van der Waals surface area contributed by atoms with Crippen LogP contribution in [0.3, 0.4) is 0 Å². The topological polar surface area (TPSA) is 49.8 Å². The minimum absolute atomic E-state index is 0.653. The minimum atomic E-state index is 0.653. The van der Waals surface area contributed by atoms with Crippen LogP contribution in [0.4, 0.5) is 11.8 Å². The Morgan fingerprint density at radius 2 is 1.82 bits per heavy atom. The third kappa shape index (κ3) is 4.21. The van der Waals surface area contributed by atoms with Crippen LogP contribution in [0.15, 0.2) is 12.3 Å². The predicted octanol–water partition coefficient (Wildman–Crippen LogP) is 2.86. The SMILES string of the molecule is CNc1nccc(NCC(C(C)C)C(C)C)n1. The standard InChI is InChI=1S/C13H24N4/c1-9(2)11(10(3)4)8-16-12-6-7-15-13(14-5)17-12/h6-7,9-11H,8H2,1-5H3,(H2,14,15,16,17). The van der Waals surface area contributed by atoms with Crippen molar-refractivity contribution < 1.29 is 0 Å². The lowest BCUT2D eigenvalue weighted by atomic mass is 9.85. The molecular formula is C13H24N4. The summed E-state index contributed by atoms with van der Waals surface area (Å²) in [6.45, 7) is 10.0. The van der Waals surface area contributed by atoms with Gasteiger partial charge < -0.3 is 10.6 Å². The molecule has 0 spiro atoms. The number of nitrogens with zero attached hydrogens (tertiary/aromatic N) is 2. The summed E-state index contributed by atoms with van der Waals surface area (Å²) in [5.41, 5.74) is 0. The maximum Gasteiger partial charge on any atom is 0.224 e. The lowest BCUT2D eigenvalue weighted by molar-refractivity contribution is 0.304. The fourth-order valence-electron chi connectivity index (χ4n) is 2.04. The lowest BCUT2D eigenvalue weighted by Gasteiger charge is -2.25. The second-order valence-corrected chi connectivity index (χ2v) is 5.05. The van der Waals surface area contributed by atoms with Crippen molar-refractivity contribution in [1.29, 1.82) is 0 Å². The number of rotatable bonds is 6. The maximum absolute atomic E-state index is 4.35. The van der Waals surface area contributed by atoms with Gasteiger partial charge in [-0.05, 0) is 23.8 Å². The fraction of sp³-hybridized carbons (Fsp3) is 0.692. The molecule has 2 N–H and O–H groups in total. The molecular weight excluding hydrogens is 212 g/mol. The molecule has 0 radical (unpaired) electrons. The number of hydrogen-bond donors (Lipinski definition) is 2. The first-order chi connectivity index (χ1) is 8.04. The fourth-order valence-corrected chi connectivity index (χ4v) is 2.04. The van der Waals surface area contributed by atoms with Gasteiger partial charge in [-0.3, -0.25) is 0 Å². The summed E-state index contributed by atoms with van der Waals surface area (Å²) in [5, 5.41) is 6.33. The van der Waals surface area contributed by atoms with Gasteiger partial charge in [0.25, 0.3) is 0 Å². The molecule has 1 aromatic heterocycles. The molecule has 0 saturated carbocycles. The van der Waals surface area contributed by atoms with E-state index in [-0.39, 0.29) is 0 Å². The van der Waals surface area contributed by atoms with Gasteiger partial charge in [0.1, 0.15) is 5.82 Å². The Balaban J connectivity index is 2.59. The summed E-state index contributed by atoms with van der Waals surface area (Å²) in [6, 6.07) is 1.90. The van der Waals surface area contributed by atoms with E-state index >= 15 is 0 Å². The van der Waals surface area contributed by atoms with Crippen LogP contribution >= 0.6 is 0 Å². The summed E-state index contributed by atoms with van der Waals surface area (Å²) in [6.07, 6.45) is 1.76. The molecule has 4 nitrogen and oxygen atoms in total. The normalized spacial score (nSPS) is 11.3. The third-order valence-corrected chi connectivity index (χ3v) is 3.11. The molecule has 0 aliphatic heterocycles. The van der Waals surface area contributed by atoms with Crippen molar-refractivity contribution in [1.82, 2.24) is 9.97 Å². The van der Waals surface area contributed by atoms with Gasteiger partial charge in [-0.2, -0.15) is 4.98 Å². The van der Waals surface area contributed by atoms with Crippen LogP contribution < -0.4 is 10.6 Å². The van der Waals surface area contributed by atoms with Crippen LogP contribution in [0.25, 0.3) is 0 Å².